The number of nitrogens with zero attached hydrogens (tertiary/aromatic N) is 1. The number of nitrogens with two attached hydrogens (primary N) is 1. The van der Waals surface area contributed by atoms with Gasteiger partial charge < -0.3 is 4.74 Å². The predicted molar refractivity (Wildman–Crippen MR) is 81.7 cm³/mol. The highest BCUT2D eigenvalue weighted by atomic mass is 35.5. The smallest absolute Gasteiger partial charge is 0.283 e. The van der Waals surface area contributed by atoms with E-state index in [1.807, 2.05) is 5.43 Å². The van der Waals surface area contributed by atoms with E-state index in [4.69, 9.17) is 45.4 Å². The third kappa shape index (κ3) is 3.98. The molecule has 8 heteroatoms. The first-order valence-electron chi connectivity index (χ1n) is 5.75. The number of aromatic nitrogens is 1. The van der Waals surface area contributed by atoms with E-state index in [0.29, 0.717) is 26.5 Å². The molecule has 0 fully saturated rings. The molecule has 1 aromatic heterocycles. The number of benzene rings is 1. The topological polar surface area (TPSA) is 77.2 Å². The highest BCUT2D eigenvalue weighted by Gasteiger charge is 2.09. The van der Waals surface area contributed by atoms with E-state index < -0.39 is 5.91 Å². The summed E-state index contributed by atoms with van der Waals surface area (Å²) in [6.07, 6.45) is 0. The molecule has 0 saturated heterocycles. The number of pyridine rings is 1. The maximum Gasteiger partial charge on any atom is 0.283 e. The number of hydrogen-bond acceptors (Lipinski definition) is 4. The zero-order valence-corrected chi connectivity index (χ0v) is 12.8. The van der Waals surface area contributed by atoms with Crippen LogP contribution in [0.5, 0.6) is 5.75 Å². The van der Waals surface area contributed by atoms with Crippen molar-refractivity contribution in [2.45, 2.75) is 6.61 Å². The lowest BCUT2D eigenvalue weighted by Crippen LogP contribution is -2.30. The lowest BCUT2D eigenvalue weighted by Gasteiger charge is -2.09. The van der Waals surface area contributed by atoms with Gasteiger partial charge in [-0.15, -0.1) is 0 Å². The summed E-state index contributed by atoms with van der Waals surface area (Å²) >= 11 is 17.7. The van der Waals surface area contributed by atoms with Crippen molar-refractivity contribution in [3.63, 3.8) is 0 Å². The van der Waals surface area contributed by atoms with Crippen LogP contribution in [-0.2, 0) is 6.61 Å². The van der Waals surface area contributed by atoms with E-state index in [2.05, 4.69) is 4.98 Å². The van der Waals surface area contributed by atoms with Gasteiger partial charge in [0.15, 0.2) is 0 Å². The van der Waals surface area contributed by atoms with Crippen molar-refractivity contribution in [1.82, 2.24) is 10.4 Å². The Balaban J connectivity index is 2.13. The molecule has 1 aromatic carbocycles. The van der Waals surface area contributed by atoms with Crippen molar-refractivity contribution in [3.8, 4) is 5.75 Å². The molecule has 0 aliphatic rings. The Morgan fingerprint density at radius 3 is 2.62 bits per heavy atom. The first-order valence-corrected chi connectivity index (χ1v) is 6.89. The summed E-state index contributed by atoms with van der Waals surface area (Å²) < 4.78 is 5.53. The van der Waals surface area contributed by atoms with Gasteiger partial charge in [-0.3, -0.25) is 10.2 Å². The van der Waals surface area contributed by atoms with Crippen LogP contribution >= 0.6 is 34.8 Å². The molecule has 0 spiro atoms. The number of rotatable bonds is 4. The molecule has 0 atom stereocenters. The molecule has 0 aliphatic carbocycles. The minimum Gasteiger partial charge on any atom is -0.486 e. The third-order valence-electron chi connectivity index (χ3n) is 2.52. The fourth-order valence-electron chi connectivity index (χ4n) is 1.53. The van der Waals surface area contributed by atoms with Crippen molar-refractivity contribution in [1.29, 1.82) is 0 Å². The highest BCUT2D eigenvalue weighted by Crippen LogP contribution is 2.34. The molecule has 110 valence electrons. The van der Waals surface area contributed by atoms with Crippen LogP contribution in [0.25, 0.3) is 0 Å². The Hall–Kier alpha value is -1.53. The quantitative estimate of drug-likeness (QED) is 0.386. The molecule has 1 heterocycles. The molecule has 21 heavy (non-hydrogen) atoms. The Bertz CT molecular complexity index is 680. The van der Waals surface area contributed by atoms with Crippen LogP contribution in [-0.4, -0.2) is 10.9 Å². The molecule has 0 aliphatic heterocycles. The van der Waals surface area contributed by atoms with Gasteiger partial charge in [0.05, 0.1) is 20.8 Å². The van der Waals surface area contributed by atoms with E-state index >= 15 is 0 Å². The maximum absolute atomic E-state index is 11.4. The largest absolute Gasteiger partial charge is 0.486 e. The fourth-order valence-corrected chi connectivity index (χ4v) is 2.12. The molecule has 1 amide bonds. The minimum absolute atomic E-state index is 0.114. The van der Waals surface area contributed by atoms with Crippen LogP contribution in [0, 0.1) is 0 Å². The Morgan fingerprint density at radius 1 is 1.19 bits per heavy atom. The van der Waals surface area contributed by atoms with Gasteiger partial charge in [0.2, 0.25) is 0 Å². The molecular formula is C13H10Cl3N3O2. The molecular weight excluding hydrogens is 337 g/mol. The average Bonchev–Trinajstić information content (AvgIpc) is 2.49. The predicted octanol–water partition coefficient (Wildman–Crippen LogP) is 3.22. The number of hydrazine groups is 1. The number of carbonyl (C=O) groups is 1. The number of hydrogen-bond donors (Lipinski definition) is 2. The molecule has 0 radical (unpaired) electrons. The zero-order valence-electron chi connectivity index (χ0n) is 10.6. The van der Waals surface area contributed by atoms with Crippen molar-refractivity contribution >= 4 is 40.7 Å². The number of amides is 1. The summed E-state index contributed by atoms with van der Waals surface area (Å²) in [4.78, 5) is 15.5. The van der Waals surface area contributed by atoms with E-state index in [1.165, 1.54) is 18.2 Å². The van der Waals surface area contributed by atoms with Gasteiger partial charge in [-0.05, 0) is 18.2 Å². The molecule has 3 N–H and O–H groups in total. The van der Waals surface area contributed by atoms with Crippen molar-refractivity contribution in [2.24, 2.45) is 5.84 Å². The summed E-state index contributed by atoms with van der Waals surface area (Å²) in [5, 5.41) is 1.01. The van der Waals surface area contributed by atoms with Crippen LogP contribution < -0.4 is 16.0 Å². The van der Waals surface area contributed by atoms with Crippen LogP contribution in [0.2, 0.25) is 15.1 Å². The fraction of sp³-hybridized carbons (Fsp3) is 0.0769. The van der Waals surface area contributed by atoms with E-state index in [1.54, 1.807) is 12.1 Å². The second kappa shape index (κ2) is 6.95. The molecule has 0 bridgehead atoms. The standard InChI is InChI=1S/C13H10Cl3N3O2/c14-8-4-10(16)12(5-9(8)15)21-6-7-2-1-3-11(18-7)13(20)19-17/h1-5H,6,17H2,(H,19,20). The molecule has 0 saturated carbocycles. The van der Waals surface area contributed by atoms with Crippen LogP contribution in [0.4, 0.5) is 0 Å². The zero-order chi connectivity index (χ0) is 15.4. The van der Waals surface area contributed by atoms with Gasteiger partial charge in [-0.25, -0.2) is 10.8 Å². The van der Waals surface area contributed by atoms with Crippen molar-refractivity contribution in [2.75, 3.05) is 0 Å². The second-order valence-electron chi connectivity index (χ2n) is 3.97. The summed E-state index contributed by atoms with van der Waals surface area (Å²) in [5.74, 6) is 4.95. The Kier molecular flexibility index (Phi) is 5.25. The SMILES string of the molecule is NNC(=O)c1cccc(COc2cc(Cl)c(Cl)cc2Cl)n1. The molecule has 2 rings (SSSR count). The van der Waals surface area contributed by atoms with E-state index in [9.17, 15) is 4.79 Å². The van der Waals surface area contributed by atoms with E-state index in [0.717, 1.165) is 0 Å². The Labute approximate surface area is 135 Å². The average molecular weight is 347 g/mol. The first kappa shape index (κ1) is 15.9. The van der Waals surface area contributed by atoms with Gasteiger partial charge in [-0.2, -0.15) is 0 Å². The number of carbonyl (C=O) groups excluding carboxylic acids is 1. The normalized spacial score (nSPS) is 10.3. The van der Waals surface area contributed by atoms with Crippen LogP contribution in [0.15, 0.2) is 30.3 Å². The number of nitrogens with one attached hydrogen (secondary N) is 1. The van der Waals surface area contributed by atoms with Gasteiger partial charge in [0.1, 0.15) is 18.1 Å². The monoisotopic (exact) mass is 345 g/mol. The first-order chi connectivity index (χ1) is 10.0. The number of nitrogen functional groups attached to an aromatic ring is 1. The van der Waals surface area contributed by atoms with Gasteiger partial charge >= 0.3 is 0 Å². The second-order valence-corrected chi connectivity index (χ2v) is 5.19. The van der Waals surface area contributed by atoms with Crippen molar-refractivity contribution < 1.29 is 9.53 Å². The summed E-state index contributed by atoms with van der Waals surface area (Å²) in [6, 6.07) is 7.93. The number of halogens is 3. The number of ether oxygens (including phenoxy) is 1. The molecule has 2 aromatic rings. The summed E-state index contributed by atoms with van der Waals surface area (Å²) in [6.45, 7) is 0.114. The van der Waals surface area contributed by atoms with E-state index in [-0.39, 0.29) is 12.3 Å². The lowest BCUT2D eigenvalue weighted by molar-refractivity contribution is 0.0948. The van der Waals surface area contributed by atoms with Gasteiger partial charge in [0, 0.05) is 6.07 Å². The summed E-state index contributed by atoms with van der Waals surface area (Å²) in [7, 11) is 0. The minimum atomic E-state index is -0.482. The lowest BCUT2D eigenvalue weighted by atomic mass is 10.3. The molecule has 0 unspecified atom stereocenters. The molecule has 5 nitrogen and oxygen atoms in total. The van der Waals surface area contributed by atoms with Gasteiger partial charge in [0.25, 0.3) is 5.91 Å². The maximum atomic E-state index is 11.4. The highest BCUT2D eigenvalue weighted by molar-refractivity contribution is 6.43. The Morgan fingerprint density at radius 2 is 1.90 bits per heavy atom. The van der Waals surface area contributed by atoms with Gasteiger partial charge in [-0.1, -0.05) is 40.9 Å². The summed E-state index contributed by atoms with van der Waals surface area (Å²) in [5.41, 5.74) is 2.74. The van der Waals surface area contributed by atoms with Crippen LogP contribution in [0.1, 0.15) is 16.2 Å². The van der Waals surface area contributed by atoms with Crippen molar-refractivity contribution in [3.05, 3.63) is 56.8 Å². The van der Waals surface area contributed by atoms with Crippen LogP contribution in [0.3, 0.4) is 0 Å². The third-order valence-corrected chi connectivity index (χ3v) is 3.54.